The van der Waals surface area contributed by atoms with Gasteiger partial charge >= 0.3 is 0 Å². The highest BCUT2D eigenvalue weighted by Gasteiger charge is 2.21. The van der Waals surface area contributed by atoms with Crippen molar-refractivity contribution in [2.75, 3.05) is 27.2 Å². The third-order valence-electron chi connectivity index (χ3n) is 4.21. The molecule has 0 heterocycles. The summed E-state index contributed by atoms with van der Waals surface area (Å²) in [6, 6.07) is 11.8. The van der Waals surface area contributed by atoms with Gasteiger partial charge in [0.25, 0.3) is 0 Å². The first kappa shape index (κ1) is 14.5. The van der Waals surface area contributed by atoms with Crippen molar-refractivity contribution >= 4 is 0 Å². The minimum Gasteiger partial charge on any atom is -0.314 e. The van der Waals surface area contributed by atoms with Crippen molar-refractivity contribution in [3.8, 4) is 0 Å². The monoisotopic (exact) mass is 260 g/mol. The molecule has 1 N–H and O–H groups in total. The second-order valence-corrected chi connectivity index (χ2v) is 6.07. The molecule has 1 saturated carbocycles. The second kappa shape index (κ2) is 7.66. The Morgan fingerprint density at radius 1 is 1.05 bits per heavy atom. The quantitative estimate of drug-likeness (QED) is 0.790. The third-order valence-corrected chi connectivity index (χ3v) is 4.21. The molecule has 2 nitrogen and oxygen atoms in total. The Balaban J connectivity index is 1.65. The molecule has 0 aromatic heterocycles. The Morgan fingerprint density at radius 3 is 2.37 bits per heavy atom. The largest absolute Gasteiger partial charge is 0.314 e. The van der Waals surface area contributed by atoms with E-state index in [1.54, 1.807) is 0 Å². The van der Waals surface area contributed by atoms with Crippen LogP contribution in [0.2, 0.25) is 0 Å². The van der Waals surface area contributed by atoms with Crippen LogP contribution in [-0.2, 0) is 0 Å². The Bertz CT molecular complexity index is 340. The SMILES string of the molecule is CN(C)CCCNC1CCC(c2ccccc2)CC1. The summed E-state index contributed by atoms with van der Waals surface area (Å²) in [4.78, 5) is 2.26. The lowest BCUT2D eigenvalue weighted by Gasteiger charge is -2.29. The molecule has 1 aromatic rings. The highest BCUT2D eigenvalue weighted by Crippen LogP contribution is 2.32. The molecule has 0 amide bonds. The van der Waals surface area contributed by atoms with Crippen molar-refractivity contribution < 1.29 is 0 Å². The standard InChI is InChI=1S/C17H28N2/c1-19(2)14-6-13-18-17-11-9-16(10-12-17)15-7-4-3-5-8-15/h3-5,7-8,16-18H,6,9-14H2,1-2H3. The third kappa shape index (κ3) is 4.96. The van der Waals surface area contributed by atoms with Gasteiger partial charge in [0, 0.05) is 6.04 Å². The summed E-state index contributed by atoms with van der Waals surface area (Å²) in [6.07, 6.45) is 6.61. The van der Waals surface area contributed by atoms with Crippen LogP contribution in [0.4, 0.5) is 0 Å². The number of hydrogen-bond donors (Lipinski definition) is 1. The zero-order valence-electron chi connectivity index (χ0n) is 12.4. The summed E-state index contributed by atoms with van der Waals surface area (Å²) < 4.78 is 0. The predicted molar refractivity (Wildman–Crippen MR) is 82.6 cm³/mol. The van der Waals surface area contributed by atoms with Gasteiger partial charge in [-0.2, -0.15) is 0 Å². The van der Waals surface area contributed by atoms with E-state index in [1.807, 2.05) is 0 Å². The highest BCUT2D eigenvalue weighted by atomic mass is 15.1. The van der Waals surface area contributed by atoms with E-state index in [9.17, 15) is 0 Å². The molecule has 0 atom stereocenters. The van der Waals surface area contributed by atoms with Gasteiger partial charge in [0.2, 0.25) is 0 Å². The molecule has 2 rings (SSSR count). The Hall–Kier alpha value is -0.860. The summed E-state index contributed by atoms with van der Waals surface area (Å²) in [5.74, 6) is 0.793. The molecule has 0 spiro atoms. The molecule has 106 valence electrons. The van der Waals surface area contributed by atoms with Crippen molar-refractivity contribution in [3.05, 3.63) is 35.9 Å². The molecule has 0 aliphatic heterocycles. The normalized spacial score (nSPS) is 23.7. The van der Waals surface area contributed by atoms with Gasteiger partial charge in [-0.15, -0.1) is 0 Å². The van der Waals surface area contributed by atoms with Gasteiger partial charge < -0.3 is 10.2 Å². The number of hydrogen-bond acceptors (Lipinski definition) is 2. The summed E-state index contributed by atoms with van der Waals surface area (Å²) >= 11 is 0. The molecule has 0 bridgehead atoms. The van der Waals surface area contributed by atoms with Crippen molar-refractivity contribution in [2.45, 2.75) is 44.1 Å². The van der Waals surface area contributed by atoms with Crippen LogP contribution in [0, 0.1) is 0 Å². The Labute approximate surface area is 118 Å². The lowest BCUT2D eigenvalue weighted by atomic mass is 9.82. The molecule has 1 aliphatic carbocycles. The number of nitrogens with zero attached hydrogens (tertiary/aromatic N) is 1. The fourth-order valence-corrected chi connectivity index (χ4v) is 3.06. The molecule has 1 aromatic carbocycles. The lowest BCUT2D eigenvalue weighted by molar-refractivity contribution is 0.330. The lowest BCUT2D eigenvalue weighted by Crippen LogP contribution is -2.34. The average Bonchev–Trinajstić information content (AvgIpc) is 2.45. The summed E-state index contributed by atoms with van der Waals surface area (Å²) in [5, 5.41) is 3.72. The highest BCUT2D eigenvalue weighted by molar-refractivity contribution is 5.20. The maximum Gasteiger partial charge on any atom is 0.00675 e. The van der Waals surface area contributed by atoms with Crippen LogP contribution in [0.3, 0.4) is 0 Å². The number of rotatable bonds is 6. The van der Waals surface area contributed by atoms with Crippen molar-refractivity contribution in [1.29, 1.82) is 0 Å². The molecule has 1 fully saturated rings. The van der Waals surface area contributed by atoms with Crippen LogP contribution in [-0.4, -0.2) is 38.1 Å². The predicted octanol–water partition coefficient (Wildman–Crippen LogP) is 3.25. The summed E-state index contributed by atoms with van der Waals surface area (Å²) in [5.41, 5.74) is 1.54. The van der Waals surface area contributed by atoms with Crippen LogP contribution in [0.5, 0.6) is 0 Å². The number of nitrogens with one attached hydrogen (secondary N) is 1. The van der Waals surface area contributed by atoms with E-state index in [0.717, 1.165) is 12.0 Å². The van der Waals surface area contributed by atoms with E-state index in [-0.39, 0.29) is 0 Å². The topological polar surface area (TPSA) is 15.3 Å². The van der Waals surface area contributed by atoms with Gasteiger partial charge in [0.1, 0.15) is 0 Å². The fourth-order valence-electron chi connectivity index (χ4n) is 3.06. The fraction of sp³-hybridized carbons (Fsp3) is 0.647. The second-order valence-electron chi connectivity index (χ2n) is 6.07. The van der Waals surface area contributed by atoms with Crippen LogP contribution in [0.25, 0.3) is 0 Å². The summed E-state index contributed by atoms with van der Waals surface area (Å²) in [7, 11) is 4.29. The smallest absolute Gasteiger partial charge is 0.00675 e. The van der Waals surface area contributed by atoms with Crippen LogP contribution >= 0.6 is 0 Å². The van der Waals surface area contributed by atoms with E-state index in [0.29, 0.717) is 0 Å². The van der Waals surface area contributed by atoms with Gasteiger partial charge in [-0.05, 0) is 70.8 Å². The van der Waals surface area contributed by atoms with E-state index in [2.05, 4.69) is 54.6 Å². The molecular weight excluding hydrogens is 232 g/mol. The van der Waals surface area contributed by atoms with Crippen LogP contribution in [0.1, 0.15) is 43.6 Å². The molecular formula is C17H28N2. The molecule has 0 radical (unpaired) electrons. The molecule has 0 saturated heterocycles. The van der Waals surface area contributed by atoms with E-state index in [4.69, 9.17) is 0 Å². The molecule has 0 unspecified atom stereocenters. The minimum absolute atomic E-state index is 0.752. The van der Waals surface area contributed by atoms with E-state index < -0.39 is 0 Å². The molecule has 19 heavy (non-hydrogen) atoms. The summed E-state index contributed by atoms with van der Waals surface area (Å²) in [6.45, 7) is 2.35. The van der Waals surface area contributed by atoms with Gasteiger partial charge in [0.15, 0.2) is 0 Å². The van der Waals surface area contributed by atoms with Crippen molar-refractivity contribution in [2.24, 2.45) is 0 Å². The molecule has 1 aliphatic rings. The first-order valence-electron chi connectivity index (χ1n) is 7.69. The van der Waals surface area contributed by atoms with Gasteiger partial charge in [0.05, 0.1) is 0 Å². The Morgan fingerprint density at radius 2 is 1.74 bits per heavy atom. The maximum atomic E-state index is 3.72. The zero-order chi connectivity index (χ0) is 13.5. The zero-order valence-corrected chi connectivity index (χ0v) is 12.4. The van der Waals surface area contributed by atoms with Gasteiger partial charge in [-0.25, -0.2) is 0 Å². The van der Waals surface area contributed by atoms with Crippen LogP contribution in [0.15, 0.2) is 30.3 Å². The van der Waals surface area contributed by atoms with Crippen molar-refractivity contribution in [3.63, 3.8) is 0 Å². The van der Waals surface area contributed by atoms with Gasteiger partial charge in [-0.3, -0.25) is 0 Å². The Kier molecular flexibility index (Phi) is 5.87. The number of benzene rings is 1. The van der Waals surface area contributed by atoms with Crippen LogP contribution < -0.4 is 5.32 Å². The van der Waals surface area contributed by atoms with E-state index in [1.165, 1.54) is 50.8 Å². The van der Waals surface area contributed by atoms with E-state index >= 15 is 0 Å². The molecule has 2 heteroatoms. The average molecular weight is 260 g/mol. The first-order chi connectivity index (χ1) is 9.25. The van der Waals surface area contributed by atoms with Gasteiger partial charge in [-0.1, -0.05) is 30.3 Å². The first-order valence-corrected chi connectivity index (χ1v) is 7.69. The van der Waals surface area contributed by atoms with Crippen molar-refractivity contribution in [1.82, 2.24) is 10.2 Å². The minimum atomic E-state index is 0.752. The maximum absolute atomic E-state index is 3.72.